The van der Waals surface area contributed by atoms with E-state index in [1.54, 1.807) is 0 Å². The molecule has 0 atom stereocenters. The Morgan fingerprint density at radius 3 is 2.79 bits per heavy atom. The van der Waals surface area contributed by atoms with Gasteiger partial charge in [0.05, 0.1) is 17.1 Å². The number of thioether (sulfide) groups is 1. The lowest BCUT2D eigenvalue weighted by Gasteiger charge is -2.05. The number of hydrogen-bond donors (Lipinski definition) is 2. The summed E-state index contributed by atoms with van der Waals surface area (Å²) in [5, 5.41) is 10.5. The molecule has 0 saturated carbocycles. The van der Waals surface area contributed by atoms with Crippen molar-refractivity contribution >= 4 is 17.4 Å². The van der Waals surface area contributed by atoms with Crippen molar-refractivity contribution in [1.29, 1.82) is 0 Å². The van der Waals surface area contributed by atoms with Gasteiger partial charge in [0.2, 0.25) is 0 Å². The number of nitrogens with zero attached hydrogens (tertiary/aromatic N) is 1. The van der Waals surface area contributed by atoms with Gasteiger partial charge in [-0.05, 0) is 31.8 Å². The first-order valence-corrected chi connectivity index (χ1v) is 6.24. The fourth-order valence-corrected chi connectivity index (χ4v) is 1.98. The highest BCUT2D eigenvalue weighted by Crippen LogP contribution is 2.15. The predicted molar refractivity (Wildman–Crippen MR) is 64.2 cm³/mol. The summed E-state index contributed by atoms with van der Waals surface area (Å²) >= 11 is 1.99. The second kappa shape index (κ2) is 5.96. The molecule has 1 heterocycles. The first-order valence-electron chi connectivity index (χ1n) is 5.09. The Morgan fingerprint density at radius 2 is 2.21 bits per heavy atom. The first kappa shape index (κ1) is 11.4. The third-order valence-corrected chi connectivity index (χ3v) is 3.09. The minimum absolute atomic E-state index is 1.04. The Bertz CT molecular complexity index is 251. The van der Waals surface area contributed by atoms with Gasteiger partial charge in [-0.15, -0.1) is 0 Å². The molecule has 0 saturated heterocycles. The molecule has 0 aromatic carbocycles. The normalized spacial score (nSPS) is 10.5. The molecular formula is C10H19N3S. The van der Waals surface area contributed by atoms with Crippen LogP contribution in [-0.4, -0.2) is 28.2 Å². The molecule has 1 aromatic heterocycles. The van der Waals surface area contributed by atoms with Gasteiger partial charge < -0.3 is 5.32 Å². The minimum atomic E-state index is 1.04. The van der Waals surface area contributed by atoms with Crippen LogP contribution in [0.4, 0.5) is 5.69 Å². The predicted octanol–water partition coefficient (Wildman–Crippen LogP) is 2.58. The van der Waals surface area contributed by atoms with Gasteiger partial charge in [-0.3, -0.25) is 5.10 Å². The van der Waals surface area contributed by atoms with E-state index in [4.69, 9.17) is 0 Å². The van der Waals surface area contributed by atoms with E-state index in [9.17, 15) is 0 Å². The van der Waals surface area contributed by atoms with Crippen LogP contribution in [-0.2, 0) is 0 Å². The van der Waals surface area contributed by atoms with Gasteiger partial charge >= 0.3 is 0 Å². The van der Waals surface area contributed by atoms with Crippen molar-refractivity contribution in [3.05, 3.63) is 11.4 Å². The summed E-state index contributed by atoms with van der Waals surface area (Å²) < 4.78 is 0. The highest BCUT2D eigenvalue weighted by Gasteiger charge is 2.03. The van der Waals surface area contributed by atoms with Crippen LogP contribution in [0.1, 0.15) is 24.7 Å². The lowest BCUT2D eigenvalue weighted by atomic mass is 10.3. The largest absolute Gasteiger partial charge is 0.382 e. The van der Waals surface area contributed by atoms with E-state index in [1.165, 1.54) is 23.6 Å². The van der Waals surface area contributed by atoms with Crippen molar-refractivity contribution in [1.82, 2.24) is 10.2 Å². The smallest absolute Gasteiger partial charge is 0.0825 e. The molecule has 2 N–H and O–H groups in total. The molecule has 0 fully saturated rings. The molecule has 1 rings (SSSR count). The van der Waals surface area contributed by atoms with Crippen molar-refractivity contribution in [3.8, 4) is 0 Å². The Labute approximate surface area is 90.1 Å². The lowest BCUT2D eigenvalue weighted by Crippen LogP contribution is -2.04. The second-order valence-electron chi connectivity index (χ2n) is 3.29. The van der Waals surface area contributed by atoms with Crippen LogP contribution in [0.2, 0.25) is 0 Å². The molecule has 0 unspecified atom stereocenters. The molecule has 0 radical (unpaired) electrons. The molecule has 0 spiro atoms. The Morgan fingerprint density at radius 1 is 1.43 bits per heavy atom. The minimum Gasteiger partial charge on any atom is -0.382 e. The number of hydrogen-bond acceptors (Lipinski definition) is 3. The number of aromatic amines is 1. The van der Waals surface area contributed by atoms with Crippen molar-refractivity contribution < 1.29 is 0 Å². The van der Waals surface area contributed by atoms with Crippen LogP contribution in [0.5, 0.6) is 0 Å². The number of anilines is 1. The third-order valence-electron chi connectivity index (χ3n) is 2.10. The molecular weight excluding hydrogens is 194 g/mol. The average Bonchev–Trinajstić information content (AvgIpc) is 2.48. The molecule has 0 amide bonds. The van der Waals surface area contributed by atoms with Crippen LogP contribution >= 0.6 is 11.8 Å². The zero-order valence-electron chi connectivity index (χ0n) is 9.18. The summed E-state index contributed by atoms with van der Waals surface area (Å²) in [6.45, 7) is 7.30. The maximum atomic E-state index is 4.14. The van der Waals surface area contributed by atoms with Gasteiger partial charge in [-0.1, -0.05) is 6.92 Å². The summed E-state index contributed by atoms with van der Waals surface area (Å²) in [4.78, 5) is 0. The quantitative estimate of drug-likeness (QED) is 0.714. The maximum absolute atomic E-state index is 4.14. The standard InChI is InChI=1S/C10H19N3S/c1-4-14-7-5-6-11-10-8(2)12-13-9(10)3/h11H,4-7H2,1-3H3,(H,12,13). The average molecular weight is 213 g/mol. The molecule has 80 valence electrons. The van der Waals surface area contributed by atoms with Gasteiger partial charge in [0.1, 0.15) is 0 Å². The summed E-state index contributed by atoms with van der Waals surface area (Å²) in [5.74, 6) is 2.45. The number of aromatic nitrogens is 2. The molecule has 14 heavy (non-hydrogen) atoms. The monoisotopic (exact) mass is 213 g/mol. The van der Waals surface area contributed by atoms with Gasteiger partial charge in [0, 0.05) is 6.54 Å². The molecule has 0 aliphatic rings. The fourth-order valence-electron chi connectivity index (χ4n) is 1.34. The molecule has 3 nitrogen and oxygen atoms in total. The topological polar surface area (TPSA) is 40.7 Å². The van der Waals surface area contributed by atoms with E-state index >= 15 is 0 Å². The van der Waals surface area contributed by atoms with Crippen molar-refractivity contribution in [2.75, 3.05) is 23.4 Å². The highest BCUT2D eigenvalue weighted by molar-refractivity contribution is 7.99. The van der Waals surface area contributed by atoms with E-state index in [1.807, 2.05) is 25.6 Å². The van der Waals surface area contributed by atoms with E-state index in [0.717, 1.165) is 17.9 Å². The Kier molecular flexibility index (Phi) is 4.87. The molecule has 0 aliphatic heterocycles. The number of nitrogens with one attached hydrogen (secondary N) is 2. The number of rotatable bonds is 6. The van der Waals surface area contributed by atoms with E-state index in [-0.39, 0.29) is 0 Å². The SMILES string of the molecule is CCSCCCNc1c(C)n[nH]c1C. The molecule has 0 bridgehead atoms. The van der Waals surface area contributed by atoms with E-state index < -0.39 is 0 Å². The first-order chi connectivity index (χ1) is 6.75. The van der Waals surface area contributed by atoms with Crippen molar-refractivity contribution in [2.45, 2.75) is 27.2 Å². The highest BCUT2D eigenvalue weighted by atomic mass is 32.2. The summed E-state index contributed by atoms with van der Waals surface area (Å²) in [6.07, 6.45) is 1.21. The van der Waals surface area contributed by atoms with Crippen LogP contribution in [0.15, 0.2) is 0 Å². The third kappa shape index (κ3) is 3.25. The fraction of sp³-hybridized carbons (Fsp3) is 0.700. The van der Waals surface area contributed by atoms with Crippen molar-refractivity contribution in [2.24, 2.45) is 0 Å². The lowest BCUT2D eigenvalue weighted by molar-refractivity contribution is 0.987. The van der Waals surface area contributed by atoms with Gasteiger partial charge in [-0.25, -0.2) is 0 Å². The zero-order chi connectivity index (χ0) is 10.4. The summed E-state index contributed by atoms with van der Waals surface area (Å²) in [5.41, 5.74) is 3.36. The summed E-state index contributed by atoms with van der Waals surface area (Å²) in [6, 6.07) is 0. The summed E-state index contributed by atoms with van der Waals surface area (Å²) in [7, 11) is 0. The van der Waals surface area contributed by atoms with Crippen molar-refractivity contribution in [3.63, 3.8) is 0 Å². The van der Waals surface area contributed by atoms with Crippen LogP contribution in [0.3, 0.4) is 0 Å². The maximum Gasteiger partial charge on any atom is 0.0825 e. The van der Waals surface area contributed by atoms with Crippen LogP contribution < -0.4 is 5.32 Å². The Balaban J connectivity index is 2.24. The van der Waals surface area contributed by atoms with E-state index in [2.05, 4.69) is 22.4 Å². The zero-order valence-corrected chi connectivity index (χ0v) is 10.0. The van der Waals surface area contributed by atoms with Crippen LogP contribution in [0, 0.1) is 13.8 Å². The van der Waals surface area contributed by atoms with Crippen LogP contribution in [0.25, 0.3) is 0 Å². The van der Waals surface area contributed by atoms with E-state index in [0.29, 0.717) is 0 Å². The number of aryl methyl sites for hydroxylation is 2. The molecule has 1 aromatic rings. The number of H-pyrrole nitrogens is 1. The van der Waals surface area contributed by atoms with Gasteiger partial charge in [0.15, 0.2) is 0 Å². The Hall–Kier alpha value is -0.640. The molecule has 0 aliphatic carbocycles. The second-order valence-corrected chi connectivity index (χ2v) is 4.68. The van der Waals surface area contributed by atoms with Gasteiger partial charge in [0.25, 0.3) is 0 Å². The molecule has 4 heteroatoms. The van der Waals surface area contributed by atoms with Gasteiger partial charge in [-0.2, -0.15) is 16.9 Å².